The second kappa shape index (κ2) is 9.27. The van der Waals surface area contributed by atoms with Gasteiger partial charge in [-0.25, -0.2) is 8.42 Å². The van der Waals surface area contributed by atoms with Gasteiger partial charge in [0.2, 0.25) is 0 Å². The summed E-state index contributed by atoms with van der Waals surface area (Å²) in [5, 5.41) is 11.1. The summed E-state index contributed by atoms with van der Waals surface area (Å²) in [7, 11) is -3.19. The number of sulfone groups is 1. The third-order valence-electron chi connectivity index (χ3n) is 5.01. The lowest BCUT2D eigenvalue weighted by Crippen LogP contribution is -2.39. The van der Waals surface area contributed by atoms with Crippen LogP contribution in [0.5, 0.6) is 5.75 Å². The zero-order valence-corrected chi connectivity index (χ0v) is 17.5. The van der Waals surface area contributed by atoms with Crippen molar-refractivity contribution in [1.82, 2.24) is 4.90 Å². The van der Waals surface area contributed by atoms with E-state index in [1.807, 2.05) is 12.1 Å². The predicted octanol–water partition coefficient (Wildman–Crippen LogP) is 3.57. The maximum absolute atomic E-state index is 11.5. The molecule has 1 aliphatic rings. The van der Waals surface area contributed by atoms with Gasteiger partial charge in [-0.1, -0.05) is 23.7 Å². The number of ether oxygens (including phenoxy) is 1. The van der Waals surface area contributed by atoms with Crippen LogP contribution >= 0.6 is 11.6 Å². The number of hydrogen-bond donors (Lipinski definition) is 1. The molecule has 1 heterocycles. The third-order valence-corrected chi connectivity index (χ3v) is 6.37. The SMILES string of the molecule is CS(=O)(=O)c1ccc(OCC2CCCN(CC(O)c3cccc(Cl)c3)C2)cc1. The highest BCUT2D eigenvalue weighted by atomic mass is 35.5. The maximum Gasteiger partial charge on any atom is 0.175 e. The molecule has 5 nitrogen and oxygen atoms in total. The Balaban J connectivity index is 1.51. The molecule has 2 unspecified atom stereocenters. The molecule has 0 spiro atoms. The molecule has 0 saturated carbocycles. The Hall–Kier alpha value is -1.60. The van der Waals surface area contributed by atoms with Gasteiger partial charge in [0.1, 0.15) is 5.75 Å². The lowest BCUT2D eigenvalue weighted by atomic mass is 9.98. The molecule has 0 bridgehead atoms. The Kier molecular flexibility index (Phi) is 6.99. The number of aliphatic hydroxyl groups excluding tert-OH is 1. The number of benzene rings is 2. The molecule has 7 heteroatoms. The summed E-state index contributed by atoms with van der Waals surface area (Å²) in [5.74, 6) is 1.04. The van der Waals surface area contributed by atoms with E-state index in [-0.39, 0.29) is 0 Å². The van der Waals surface area contributed by atoms with Crippen LogP contribution in [0.15, 0.2) is 53.4 Å². The number of halogens is 1. The van der Waals surface area contributed by atoms with E-state index in [0.29, 0.717) is 34.7 Å². The minimum Gasteiger partial charge on any atom is -0.493 e. The van der Waals surface area contributed by atoms with Crippen LogP contribution in [0, 0.1) is 5.92 Å². The lowest BCUT2D eigenvalue weighted by Gasteiger charge is -2.33. The molecule has 1 saturated heterocycles. The lowest BCUT2D eigenvalue weighted by molar-refractivity contribution is 0.0714. The Morgan fingerprint density at radius 1 is 1.25 bits per heavy atom. The molecule has 3 rings (SSSR count). The molecule has 2 atom stereocenters. The number of aliphatic hydroxyl groups is 1. The first-order valence-electron chi connectivity index (χ1n) is 9.40. The molecule has 152 valence electrons. The largest absolute Gasteiger partial charge is 0.493 e. The summed E-state index contributed by atoms with van der Waals surface area (Å²) >= 11 is 6.01. The molecular weight excluding hydrogens is 398 g/mol. The highest BCUT2D eigenvalue weighted by molar-refractivity contribution is 7.90. The van der Waals surface area contributed by atoms with E-state index >= 15 is 0 Å². The highest BCUT2D eigenvalue weighted by Gasteiger charge is 2.23. The van der Waals surface area contributed by atoms with Crippen LogP contribution in [0.3, 0.4) is 0 Å². The van der Waals surface area contributed by atoms with E-state index in [9.17, 15) is 13.5 Å². The average molecular weight is 424 g/mol. The zero-order valence-electron chi connectivity index (χ0n) is 15.9. The summed E-state index contributed by atoms with van der Waals surface area (Å²) in [5.41, 5.74) is 0.830. The highest BCUT2D eigenvalue weighted by Crippen LogP contribution is 2.23. The summed E-state index contributed by atoms with van der Waals surface area (Å²) in [4.78, 5) is 2.55. The van der Waals surface area contributed by atoms with Crippen molar-refractivity contribution in [3.63, 3.8) is 0 Å². The van der Waals surface area contributed by atoms with Gasteiger partial charge in [0.15, 0.2) is 9.84 Å². The van der Waals surface area contributed by atoms with Crippen molar-refractivity contribution in [3.05, 3.63) is 59.1 Å². The van der Waals surface area contributed by atoms with Gasteiger partial charge in [0.25, 0.3) is 0 Å². The van der Waals surface area contributed by atoms with Gasteiger partial charge in [0, 0.05) is 30.3 Å². The van der Waals surface area contributed by atoms with E-state index in [4.69, 9.17) is 16.3 Å². The van der Waals surface area contributed by atoms with Crippen LogP contribution in [0.4, 0.5) is 0 Å². The first-order chi connectivity index (χ1) is 13.3. The predicted molar refractivity (Wildman–Crippen MR) is 111 cm³/mol. The minimum atomic E-state index is -3.19. The van der Waals surface area contributed by atoms with E-state index in [1.54, 1.807) is 36.4 Å². The van der Waals surface area contributed by atoms with Gasteiger partial charge in [-0.05, 0) is 61.3 Å². The molecule has 0 amide bonds. The summed E-state index contributed by atoms with van der Waals surface area (Å²) in [6.45, 7) is 2.96. The first-order valence-corrected chi connectivity index (χ1v) is 11.7. The molecule has 2 aromatic carbocycles. The van der Waals surface area contributed by atoms with Gasteiger partial charge in [-0.3, -0.25) is 0 Å². The fourth-order valence-electron chi connectivity index (χ4n) is 3.51. The fourth-order valence-corrected chi connectivity index (χ4v) is 4.34. The standard InChI is InChI=1S/C21H26ClNO4S/c1-28(25,26)20-9-7-19(8-10-20)27-15-16-4-3-11-23(13-16)14-21(24)17-5-2-6-18(22)12-17/h2,5-10,12,16,21,24H,3-4,11,13-15H2,1H3. The molecule has 2 aromatic rings. The number of β-amino-alcohol motifs (C(OH)–C–C–N with tert-alkyl or cyclic N) is 1. The van der Waals surface area contributed by atoms with Gasteiger partial charge in [-0.2, -0.15) is 0 Å². The number of nitrogens with zero attached hydrogens (tertiary/aromatic N) is 1. The molecule has 1 aliphatic heterocycles. The molecule has 0 radical (unpaired) electrons. The number of hydrogen-bond acceptors (Lipinski definition) is 5. The van der Waals surface area contributed by atoms with Crippen molar-refractivity contribution in [3.8, 4) is 5.75 Å². The van der Waals surface area contributed by atoms with Crippen LogP contribution < -0.4 is 4.74 Å². The zero-order chi connectivity index (χ0) is 20.1. The monoisotopic (exact) mass is 423 g/mol. The normalized spacial score (nSPS) is 19.3. The van der Waals surface area contributed by atoms with Crippen molar-refractivity contribution in [2.24, 2.45) is 5.92 Å². The Bertz CT molecular complexity index is 886. The van der Waals surface area contributed by atoms with Crippen LogP contribution in [-0.2, 0) is 9.84 Å². The topological polar surface area (TPSA) is 66.8 Å². The molecule has 0 aromatic heterocycles. The summed E-state index contributed by atoms with van der Waals surface area (Å²) < 4.78 is 28.9. The van der Waals surface area contributed by atoms with E-state index in [2.05, 4.69) is 4.90 Å². The van der Waals surface area contributed by atoms with E-state index in [1.165, 1.54) is 6.26 Å². The smallest absolute Gasteiger partial charge is 0.175 e. The van der Waals surface area contributed by atoms with Gasteiger partial charge in [-0.15, -0.1) is 0 Å². The Morgan fingerprint density at radius 3 is 2.68 bits per heavy atom. The molecule has 1 N–H and O–H groups in total. The van der Waals surface area contributed by atoms with Crippen LogP contribution in [0.1, 0.15) is 24.5 Å². The van der Waals surface area contributed by atoms with Crippen molar-refractivity contribution in [1.29, 1.82) is 0 Å². The van der Waals surface area contributed by atoms with E-state index < -0.39 is 15.9 Å². The minimum absolute atomic E-state index is 0.290. The van der Waals surface area contributed by atoms with Crippen LogP contribution in [0.25, 0.3) is 0 Å². The van der Waals surface area contributed by atoms with Gasteiger partial charge in [0.05, 0.1) is 17.6 Å². The average Bonchev–Trinajstić information content (AvgIpc) is 2.66. The van der Waals surface area contributed by atoms with E-state index in [0.717, 1.165) is 31.5 Å². The second-order valence-electron chi connectivity index (χ2n) is 7.39. The summed E-state index contributed by atoms with van der Waals surface area (Å²) in [6, 6.07) is 13.9. The van der Waals surface area contributed by atoms with Crippen molar-refractivity contribution in [2.75, 3.05) is 32.5 Å². The maximum atomic E-state index is 11.5. The van der Waals surface area contributed by atoms with Crippen molar-refractivity contribution >= 4 is 21.4 Å². The van der Waals surface area contributed by atoms with Crippen molar-refractivity contribution < 1.29 is 18.3 Å². The molecular formula is C21H26ClNO4S. The Morgan fingerprint density at radius 2 is 2.00 bits per heavy atom. The second-order valence-corrected chi connectivity index (χ2v) is 9.85. The first kappa shape index (κ1) is 21.1. The molecule has 28 heavy (non-hydrogen) atoms. The Labute approximate surface area is 171 Å². The number of piperidine rings is 1. The molecule has 1 fully saturated rings. The quantitative estimate of drug-likeness (QED) is 0.737. The van der Waals surface area contributed by atoms with Crippen molar-refractivity contribution in [2.45, 2.75) is 23.8 Å². The fraction of sp³-hybridized carbons (Fsp3) is 0.429. The van der Waals surface area contributed by atoms with Gasteiger partial charge >= 0.3 is 0 Å². The molecule has 0 aliphatic carbocycles. The van der Waals surface area contributed by atoms with Gasteiger partial charge < -0.3 is 14.7 Å². The number of likely N-dealkylation sites (tertiary alicyclic amines) is 1. The van der Waals surface area contributed by atoms with Crippen LogP contribution in [0.2, 0.25) is 5.02 Å². The number of rotatable bonds is 7. The summed E-state index contributed by atoms with van der Waals surface area (Å²) in [6.07, 6.45) is 2.76. The third kappa shape index (κ3) is 5.95. The van der Waals surface area contributed by atoms with Crippen LogP contribution in [-0.4, -0.2) is 50.9 Å².